The summed E-state index contributed by atoms with van der Waals surface area (Å²) in [7, 11) is 0. The summed E-state index contributed by atoms with van der Waals surface area (Å²) < 4.78 is 11.0. The average Bonchev–Trinajstić information content (AvgIpc) is 2.73. The fraction of sp³-hybridized carbons (Fsp3) is 0.167. The summed E-state index contributed by atoms with van der Waals surface area (Å²) in [6.07, 6.45) is -0.292. The summed E-state index contributed by atoms with van der Waals surface area (Å²) in [4.78, 5) is 24.5. The number of hydrogen-bond donors (Lipinski definition) is 0. The maximum atomic E-state index is 12.4. The molecule has 28 heavy (non-hydrogen) atoms. The summed E-state index contributed by atoms with van der Waals surface area (Å²) in [6, 6.07) is 28.1. The number of hydrogen-bond acceptors (Lipinski definition) is 4. The molecule has 0 bridgehead atoms. The molecule has 0 heterocycles. The third-order valence-corrected chi connectivity index (χ3v) is 4.22. The van der Waals surface area contributed by atoms with Crippen molar-refractivity contribution in [2.24, 2.45) is 0 Å². The van der Waals surface area contributed by atoms with Gasteiger partial charge in [-0.3, -0.25) is 9.59 Å². The monoisotopic (exact) mass is 374 g/mol. The molecule has 0 aliphatic rings. The first kappa shape index (κ1) is 19.4. The van der Waals surface area contributed by atoms with Crippen molar-refractivity contribution >= 4 is 11.9 Å². The second-order valence-corrected chi connectivity index (χ2v) is 6.40. The van der Waals surface area contributed by atoms with E-state index in [9.17, 15) is 9.59 Å². The van der Waals surface area contributed by atoms with Gasteiger partial charge in [0.1, 0.15) is 6.61 Å². The zero-order valence-electron chi connectivity index (χ0n) is 15.5. The number of carbonyl (C=O) groups is 2. The van der Waals surface area contributed by atoms with E-state index >= 15 is 0 Å². The molecule has 142 valence electrons. The lowest BCUT2D eigenvalue weighted by atomic mass is 10.1. The Morgan fingerprint density at radius 1 is 0.643 bits per heavy atom. The molecule has 3 aromatic rings. The zero-order valence-corrected chi connectivity index (χ0v) is 15.5. The first-order valence-corrected chi connectivity index (χ1v) is 9.18. The number of carbonyl (C=O) groups excluding carboxylic acids is 2. The van der Waals surface area contributed by atoms with Crippen LogP contribution in [0.3, 0.4) is 0 Å². The Kier molecular flexibility index (Phi) is 6.96. The van der Waals surface area contributed by atoms with E-state index in [1.807, 2.05) is 91.0 Å². The number of rotatable bonds is 8. The Hall–Kier alpha value is -3.40. The van der Waals surface area contributed by atoms with Gasteiger partial charge in [-0.2, -0.15) is 0 Å². The summed E-state index contributed by atoms with van der Waals surface area (Å²) in [5.41, 5.74) is 2.54. The zero-order chi connectivity index (χ0) is 19.6. The van der Waals surface area contributed by atoms with Crippen LogP contribution in [0.1, 0.15) is 22.8 Å². The van der Waals surface area contributed by atoms with Crippen molar-refractivity contribution in [3.05, 3.63) is 108 Å². The largest absolute Gasteiger partial charge is 0.461 e. The highest BCUT2D eigenvalue weighted by molar-refractivity contribution is 5.73. The Morgan fingerprint density at radius 3 is 1.64 bits per heavy atom. The summed E-state index contributed by atoms with van der Waals surface area (Å²) in [5, 5.41) is 0. The van der Waals surface area contributed by atoms with Gasteiger partial charge in [0.05, 0.1) is 12.8 Å². The van der Waals surface area contributed by atoms with Gasteiger partial charge in [-0.15, -0.1) is 0 Å². The van der Waals surface area contributed by atoms with E-state index in [1.165, 1.54) is 0 Å². The van der Waals surface area contributed by atoms with Crippen molar-refractivity contribution < 1.29 is 19.1 Å². The number of ether oxygens (including phenoxy) is 2. The van der Waals surface area contributed by atoms with Crippen molar-refractivity contribution in [3.63, 3.8) is 0 Å². The summed E-state index contributed by atoms with van der Waals surface area (Å²) in [5.74, 6) is -0.717. The van der Waals surface area contributed by atoms with E-state index in [1.54, 1.807) is 0 Å². The normalized spacial score (nSPS) is 11.4. The minimum Gasteiger partial charge on any atom is -0.461 e. The molecule has 1 unspecified atom stereocenters. The molecule has 0 aromatic heterocycles. The molecule has 4 nitrogen and oxygen atoms in total. The van der Waals surface area contributed by atoms with Gasteiger partial charge in [0, 0.05) is 0 Å². The summed E-state index contributed by atoms with van der Waals surface area (Å²) >= 11 is 0. The molecule has 3 rings (SSSR count). The lowest BCUT2D eigenvalue weighted by molar-refractivity contribution is -0.158. The first-order chi connectivity index (χ1) is 13.7. The average molecular weight is 374 g/mol. The van der Waals surface area contributed by atoms with Crippen LogP contribution in [0, 0.1) is 0 Å². The van der Waals surface area contributed by atoms with Gasteiger partial charge in [-0.25, -0.2) is 0 Å². The quantitative estimate of drug-likeness (QED) is 0.552. The van der Waals surface area contributed by atoms with Crippen LogP contribution in [0.25, 0.3) is 0 Å². The maximum Gasteiger partial charge on any atom is 0.310 e. The van der Waals surface area contributed by atoms with Crippen molar-refractivity contribution in [1.82, 2.24) is 0 Å². The third-order valence-electron chi connectivity index (χ3n) is 4.22. The Morgan fingerprint density at radius 2 is 1.11 bits per heavy atom. The number of benzene rings is 3. The molecule has 4 heteroatoms. The molecule has 0 N–H and O–H groups in total. The third kappa shape index (κ3) is 6.09. The van der Waals surface area contributed by atoms with Crippen LogP contribution in [-0.2, 0) is 31.9 Å². The van der Waals surface area contributed by atoms with Gasteiger partial charge in [-0.1, -0.05) is 91.0 Å². The molecule has 0 aliphatic heterocycles. The smallest absolute Gasteiger partial charge is 0.310 e. The Balaban J connectivity index is 1.61. The lowest BCUT2D eigenvalue weighted by Gasteiger charge is -2.18. The van der Waals surface area contributed by atoms with Gasteiger partial charge in [0.25, 0.3) is 0 Å². The minimum absolute atomic E-state index is 0.0176. The standard InChI is InChI=1S/C24H22O4/c25-23(16-19-10-4-1-5-11-19)27-18-22(21-14-8-3-9-15-21)28-24(26)17-20-12-6-2-7-13-20/h1-15,22H,16-18H2. The predicted octanol–water partition coefficient (Wildman–Crippen LogP) is 4.30. The van der Waals surface area contributed by atoms with Crippen LogP contribution in [0.2, 0.25) is 0 Å². The van der Waals surface area contributed by atoms with E-state index in [0.29, 0.717) is 0 Å². The molecule has 0 spiro atoms. The molecule has 0 amide bonds. The van der Waals surface area contributed by atoms with Crippen molar-refractivity contribution in [2.75, 3.05) is 6.61 Å². The van der Waals surface area contributed by atoms with E-state index in [0.717, 1.165) is 16.7 Å². The van der Waals surface area contributed by atoms with Crippen molar-refractivity contribution in [2.45, 2.75) is 18.9 Å². The SMILES string of the molecule is O=C(Cc1ccccc1)OCC(OC(=O)Cc1ccccc1)c1ccccc1. The van der Waals surface area contributed by atoms with Gasteiger partial charge in [0.2, 0.25) is 0 Å². The lowest BCUT2D eigenvalue weighted by Crippen LogP contribution is -2.20. The van der Waals surface area contributed by atoms with Crippen LogP contribution in [-0.4, -0.2) is 18.5 Å². The molecule has 0 fully saturated rings. The maximum absolute atomic E-state index is 12.4. The molecule has 0 aliphatic carbocycles. The first-order valence-electron chi connectivity index (χ1n) is 9.18. The fourth-order valence-corrected chi connectivity index (χ4v) is 2.81. The fourth-order valence-electron chi connectivity index (χ4n) is 2.81. The molecule has 3 aromatic carbocycles. The van der Waals surface area contributed by atoms with Crippen LogP contribution >= 0.6 is 0 Å². The van der Waals surface area contributed by atoms with Crippen molar-refractivity contribution in [3.8, 4) is 0 Å². The topological polar surface area (TPSA) is 52.6 Å². The van der Waals surface area contributed by atoms with E-state index < -0.39 is 6.10 Å². The highest BCUT2D eigenvalue weighted by atomic mass is 16.6. The van der Waals surface area contributed by atoms with E-state index in [-0.39, 0.29) is 31.4 Å². The highest BCUT2D eigenvalue weighted by Gasteiger charge is 2.19. The highest BCUT2D eigenvalue weighted by Crippen LogP contribution is 2.19. The second kappa shape index (κ2) is 10.1. The molecule has 0 saturated carbocycles. The molecular weight excluding hydrogens is 352 g/mol. The Bertz CT molecular complexity index is 876. The second-order valence-electron chi connectivity index (χ2n) is 6.40. The van der Waals surface area contributed by atoms with Crippen LogP contribution in [0.5, 0.6) is 0 Å². The predicted molar refractivity (Wildman–Crippen MR) is 107 cm³/mol. The van der Waals surface area contributed by atoms with Gasteiger partial charge in [-0.05, 0) is 16.7 Å². The van der Waals surface area contributed by atoms with Gasteiger partial charge >= 0.3 is 11.9 Å². The molecule has 1 atom stereocenters. The van der Waals surface area contributed by atoms with Crippen LogP contribution in [0.4, 0.5) is 0 Å². The number of esters is 2. The molecule has 0 saturated heterocycles. The van der Waals surface area contributed by atoms with Gasteiger partial charge < -0.3 is 9.47 Å². The Labute approximate surface area is 164 Å². The molecular formula is C24H22O4. The van der Waals surface area contributed by atoms with Gasteiger partial charge in [0.15, 0.2) is 6.10 Å². The molecule has 0 radical (unpaired) electrons. The van der Waals surface area contributed by atoms with Crippen molar-refractivity contribution in [1.29, 1.82) is 0 Å². The van der Waals surface area contributed by atoms with E-state index in [2.05, 4.69) is 0 Å². The van der Waals surface area contributed by atoms with Crippen LogP contribution in [0.15, 0.2) is 91.0 Å². The minimum atomic E-state index is -0.642. The van der Waals surface area contributed by atoms with E-state index in [4.69, 9.17) is 9.47 Å². The van der Waals surface area contributed by atoms with Crippen LogP contribution < -0.4 is 0 Å². The summed E-state index contributed by atoms with van der Waals surface area (Å²) in [6.45, 7) is -0.0176.